The number of aliphatic hydroxyl groups excluding tert-OH is 2. The van der Waals surface area contributed by atoms with Crippen molar-refractivity contribution in [2.75, 3.05) is 24.6 Å². The SMILES string of the molecule is CCC[C@]1(CO)CCN(c2nc3ccccc3s2)C[C@@H]1O. The molecule has 2 N–H and O–H groups in total. The Morgan fingerprint density at radius 3 is 2.90 bits per heavy atom. The molecule has 114 valence electrons. The number of benzene rings is 1. The van der Waals surface area contributed by atoms with Crippen LogP contribution in [0, 0.1) is 5.41 Å². The van der Waals surface area contributed by atoms with Gasteiger partial charge in [0.05, 0.1) is 22.9 Å². The number of hydrogen-bond acceptors (Lipinski definition) is 5. The lowest BCUT2D eigenvalue weighted by molar-refractivity contribution is -0.0370. The van der Waals surface area contributed by atoms with Crippen molar-refractivity contribution < 1.29 is 10.2 Å². The summed E-state index contributed by atoms with van der Waals surface area (Å²) in [6.07, 6.45) is 2.18. The number of nitrogens with zero attached hydrogens (tertiary/aromatic N) is 2. The molecule has 2 aromatic rings. The fraction of sp³-hybridized carbons (Fsp3) is 0.562. The largest absolute Gasteiger partial charge is 0.396 e. The molecule has 1 aliphatic rings. The topological polar surface area (TPSA) is 56.6 Å². The van der Waals surface area contributed by atoms with Gasteiger partial charge in [0, 0.05) is 18.5 Å². The average Bonchev–Trinajstić information content (AvgIpc) is 2.93. The highest BCUT2D eigenvalue weighted by Gasteiger charge is 2.41. The zero-order valence-corrected chi connectivity index (χ0v) is 13.1. The third kappa shape index (κ3) is 2.65. The molecule has 1 aromatic heterocycles. The number of fused-ring (bicyclic) bond motifs is 1. The molecule has 0 amide bonds. The van der Waals surface area contributed by atoms with Crippen LogP contribution in [0.2, 0.25) is 0 Å². The molecular weight excluding hydrogens is 284 g/mol. The highest BCUT2D eigenvalue weighted by Crippen LogP contribution is 2.39. The number of thiazole rings is 1. The molecule has 0 spiro atoms. The maximum Gasteiger partial charge on any atom is 0.186 e. The third-order valence-electron chi connectivity index (χ3n) is 4.60. The van der Waals surface area contributed by atoms with E-state index in [1.165, 1.54) is 4.70 Å². The summed E-state index contributed by atoms with van der Waals surface area (Å²) in [5.41, 5.74) is 0.682. The molecule has 0 saturated carbocycles. The number of piperidine rings is 1. The van der Waals surface area contributed by atoms with Crippen molar-refractivity contribution >= 4 is 26.7 Å². The monoisotopic (exact) mass is 306 g/mol. The van der Waals surface area contributed by atoms with Gasteiger partial charge >= 0.3 is 0 Å². The first-order valence-electron chi connectivity index (χ1n) is 7.58. The normalized spacial score (nSPS) is 26.4. The molecule has 0 bridgehead atoms. The summed E-state index contributed by atoms with van der Waals surface area (Å²) in [6, 6.07) is 8.11. The molecule has 5 heteroatoms. The van der Waals surface area contributed by atoms with Gasteiger partial charge in [0.25, 0.3) is 0 Å². The molecule has 3 rings (SSSR count). The molecule has 1 fully saturated rings. The Kier molecular flexibility index (Phi) is 4.15. The molecule has 1 aliphatic heterocycles. The number of para-hydroxylation sites is 1. The third-order valence-corrected chi connectivity index (χ3v) is 5.69. The number of rotatable bonds is 4. The van der Waals surface area contributed by atoms with E-state index in [4.69, 9.17) is 0 Å². The van der Waals surface area contributed by atoms with Crippen molar-refractivity contribution in [3.05, 3.63) is 24.3 Å². The van der Waals surface area contributed by atoms with Gasteiger partial charge in [-0.25, -0.2) is 4.98 Å². The van der Waals surface area contributed by atoms with Crippen LogP contribution in [0.4, 0.5) is 5.13 Å². The highest BCUT2D eigenvalue weighted by atomic mass is 32.1. The summed E-state index contributed by atoms with van der Waals surface area (Å²) in [7, 11) is 0. The van der Waals surface area contributed by atoms with E-state index in [0.717, 1.165) is 36.5 Å². The van der Waals surface area contributed by atoms with E-state index < -0.39 is 6.10 Å². The molecule has 4 nitrogen and oxygen atoms in total. The van der Waals surface area contributed by atoms with Crippen molar-refractivity contribution in [2.24, 2.45) is 5.41 Å². The van der Waals surface area contributed by atoms with Crippen molar-refractivity contribution in [1.29, 1.82) is 0 Å². The van der Waals surface area contributed by atoms with Crippen molar-refractivity contribution in [3.8, 4) is 0 Å². The summed E-state index contributed by atoms with van der Waals surface area (Å²) >= 11 is 1.67. The second-order valence-corrected chi connectivity index (χ2v) is 6.96. The van der Waals surface area contributed by atoms with Gasteiger partial charge in [-0.15, -0.1) is 0 Å². The van der Waals surface area contributed by atoms with Crippen LogP contribution in [0.25, 0.3) is 10.2 Å². The Balaban J connectivity index is 1.80. The number of β-amino-alcohol motifs (C(OH)–C–C–N with tert-alkyl or cyclic N) is 1. The van der Waals surface area contributed by atoms with Gasteiger partial charge in [-0.3, -0.25) is 0 Å². The van der Waals surface area contributed by atoms with Crippen LogP contribution >= 0.6 is 11.3 Å². The smallest absolute Gasteiger partial charge is 0.186 e. The van der Waals surface area contributed by atoms with Crippen molar-refractivity contribution in [3.63, 3.8) is 0 Å². The molecule has 21 heavy (non-hydrogen) atoms. The number of hydrogen-bond donors (Lipinski definition) is 2. The minimum Gasteiger partial charge on any atom is -0.396 e. The van der Waals surface area contributed by atoms with Crippen LogP contribution in [-0.2, 0) is 0 Å². The average molecular weight is 306 g/mol. The minimum absolute atomic E-state index is 0.0652. The molecule has 0 aliphatic carbocycles. The molecule has 2 heterocycles. The standard InChI is InChI=1S/C16H22N2O2S/c1-2-7-16(11-19)8-9-18(10-14(16)20)15-17-12-5-3-4-6-13(12)21-15/h3-6,14,19-20H,2,7-11H2,1H3/t14-,16+/m0/s1. The van der Waals surface area contributed by atoms with E-state index in [0.29, 0.717) is 6.54 Å². The summed E-state index contributed by atoms with van der Waals surface area (Å²) in [6.45, 7) is 3.57. The van der Waals surface area contributed by atoms with E-state index in [1.54, 1.807) is 11.3 Å². The number of aliphatic hydroxyl groups is 2. The molecular formula is C16H22N2O2S. The summed E-state index contributed by atoms with van der Waals surface area (Å²) in [4.78, 5) is 6.81. The second kappa shape index (κ2) is 5.91. The zero-order valence-electron chi connectivity index (χ0n) is 12.3. The Morgan fingerprint density at radius 2 is 2.24 bits per heavy atom. The van der Waals surface area contributed by atoms with Gasteiger partial charge in [-0.1, -0.05) is 36.8 Å². The van der Waals surface area contributed by atoms with Gasteiger partial charge in [-0.2, -0.15) is 0 Å². The minimum atomic E-state index is -0.497. The van der Waals surface area contributed by atoms with Gasteiger partial charge in [-0.05, 0) is 25.0 Å². The van der Waals surface area contributed by atoms with Crippen LogP contribution in [0.3, 0.4) is 0 Å². The molecule has 1 aromatic carbocycles. The lowest BCUT2D eigenvalue weighted by Gasteiger charge is -2.44. The van der Waals surface area contributed by atoms with E-state index >= 15 is 0 Å². The Hall–Kier alpha value is -1.17. The van der Waals surface area contributed by atoms with Crippen LogP contribution in [-0.4, -0.2) is 41.0 Å². The molecule has 2 atom stereocenters. The van der Waals surface area contributed by atoms with Gasteiger partial charge in [0.1, 0.15) is 0 Å². The van der Waals surface area contributed by atoms with E-state index in [-0.39, 0.29) is 12.0 Å². The first kappa shape index (κ1) is 14.8. The fourth-order valence-corrected chi connectivity index (χ4v) is 4.24. The van der Waals surface area contributed by atoms with Crippen molar-refractivity contribution in [2.45, 2.75) is 32.3 Å². The van der Waals surface area contributed by atoms with E-state index in [9.17, 15) is 10.2 Å². The lowest BCUT2D eigenvalue weighted by Crippen LogP contribution is -2.52. The maximum absolute atomic E-state index is 10.5. The molecule has 0 radical (unpaired) electrons. The summed E-state index contributed by atoms with van der Waals surface area (Å²) in [5, 5.41) is 21.2. The Morgan fingerprint density at radius 1 is 1.43 bits per heavy atom. The number of anilines is 1. The first-order chi connectivity index (χ1) is 10.2. The van der Waals surface area contributed by atoms with E-state index in [2.05, 4.69) is 22.9 Å². The number of aromatic nitrogens is 1. The maximum atomic E-state index is 10.5. The predicted molar refractivity (Wildman–Crippen MR) is 86.9 cm³/mol. The lowest BCUT2D eigenvalue weighted by atomic mass is 9.73. The quantitative estimate of drug-likeness (QED) is 0.912. The van der Waals surface area contributed by atoms with Crippen LogP contribution in [0.5, 0.6) is 0 Å². The van der Waals surface area contributed by atoms with Gasteiger partial charge < -0.3 is 15.1 Å². The fourth-order valence-electron chi connectivity index (χ4n) is 3.24. The van der Waals surface area contributed by atoms with Gasteiger partial charge in [0.2, 0.25) is 0 Å². The van der Waals surface area contributed by atoms with E-state index in [1.807, 2.05) is 18.2 Å². The molecule has 0 unspecified atom stereocenters. The summed E-state index contributed by atoms with van der Waals surface area (Å²) < 4.78 is 1.18. The van der Waals surface area contributed by atoms with Crippen molar-refractivity contribution in [1.82, 2.24) is 4.98 Å². The Labute approximate surface area is 129 Å². The second-order valence-electron chi connectivity index (χ2n) is 5.95. The molecule has 1 saturated heterocycles. The Bertz CT molecular complexity index is 582. The van der Waals surface area contributed by atoms with Crippen LogP contribution < -0.4 is 4.90 Å². The summed E-state index contributed by atoms with van der Waals surface area (Å²) in [5.74, 6) is 0. The zero-order chi connectivity index (χ0) is 14.9. The predicted octanol–water partition coefficient (Wildman–Crippen LogP) is 2.65. The van der Waals surface area contributed by atoms with Gasteiger partial charge in [0.15, 0.2) is 5.13 Å². The first-order valence-corrected chi connectivity index (χ1v) is 8.39. The highest BCUT2D eigenvalue weighted by molar-refractivity contribution is 7.22. The van der Waals surface area contributed by atoms with Crippen LogP contribution in [0.1, 0.15) is 26.2 Å². The van der Waals surface area contributed by atoms with Crippen LogP contribution in [0.15, 0.2) is 24.3 Å².